The van der Waals surface area contributed by atoms with Crippen LogP contribution in [0.5, 0.6) is 0 Å². The Bertz CT molecular complexity index is 406. The van der Waals surface area contributed by atoms with Crippen molar-refractivity contribution in [1.82, 2.24) is 0 Å². The summed E-state index contributed by atoms with van der Waals surface area (Å²) in [5.41, 5.74) is 6.10. The molecule has 0 heterocycles. The van der Waals surface area contributed by atoms with Gasteiger partial charge < -0.3 is 11.1 Å². The second-order valence-corrected chi connectivity index (χ2v) is 2.98. The largest absolute Gasteiger partial charge is 0.368 e. The average Bonchev–Trinajstić information content (AvgIpc) is 2.19. The molecule has 3 N–H and O–H groups in total. The van der Waals surface area contributed by atoms with Crippen LogP contribution in [-0.2, 0) is 4.79 Å². The molecule has 0 saturated heterocycles. The van der Waals surface area contributed by atoms with Crippen molar-refractivity contribution in [3.05, 3.63) is 42.6 Å². The lowest BCUT2D eigenvalue weighted by molar-refractivity contribution is -0.119. The predicted octanol–water partition coefficient (Wildman–Crippen LogP) is 1.24. The second kappa shape index (κ2) is 4.82. The Morgan fingerprint density at radius 1 is 1.47 bits per heavy atom. The Morgan fingerprint density at radius 2 is 2.07 bits per heavy atom. The molecular weight excluding hydrogens is 190 g/mol. The van der Waals surface area contributed by atoms with Gasteiger partial charge in [-0.3, -0.25) is 4.79 Å². The van der Waals surface area contributed by atoms with Crippen LogP contribution in [0.15, 0.2) is 42.6 Å². The normalized spacial score (nSPS) is 11.1. The summed E-state index contributed by atoms with van der Waals surface area (Å²) < 4.78 is 0. The molecule has 1 aromatic rings. The summed E-state index contributed by atoms with van der Waals surface area (Å²) in [7, 11) is 0. The number of hydrogen-bond donors (Lipinski definition) is 2. The first-order valence-corrected chi connectivity index (χ1v) is 4.35. The maximum atomic E-state index is 10.9. The highest BCUT2D eigenvalue weighted by Gasteiger charge is 2.17. The summed E-state index contributed by atoms with van der Waals surface area (Å²) in [5, 5.41) is 11.5. The van der Waals surface area contributed by atoms with Gasteiger partial charge >= 0.3 is 0 Å². The van der Waals surface area contributed by atoms with Crippen LogP contribution in [0.1, 0.15) is 0 Å². The van der Waals surface area contributed by atoms with Crippen molar-refractivity contribution in [2.24, 2.45) is 11.7 Å². The van der Waals surface area contributed by atoms with E-state index in [9.17, 15) is 4.79 Å². The highest BCUT2D eigenvalue weighted by atomic mass is 16.1. The molecular formula is C11H11N3O. The van der Waals surface area contributed by atoms with Crippen molar-refractivity contribution in [3.8, 4) is 6.07 Å². The maximum Gasteiger partial charge on any atom is 0.240 e. The number of amides is 1. The molecule has 1 rings (SSSR count). The number of nitrogens with one attached hydrogen (secondary N) is 1. The number of nitrogens with two attached hydrogens (primary N) is 1. The standard InChI is InChI=1S/C11H11N3O/c1-8(10(7-12)11(13)15)14-9-5-3-2-4-6-9/h2-6,10,14H,1H2,(H2,13,15)/t10-/m0/s1. The summed E-state index contributed by atoms with van der Waals surface area (Å²) in [6.45, 7) is 3.61. The Balaban J connectivity index is 2.72. The fourth-order valence-electron chi connectivity index (χ4n) is 1.09. The third-order valence-electron chi connectivity index (χ3n) is 1.84. The number of benzene rings is 1. The molecule has 0 saturated carbocycles. The van der Waals surface area contributed by atoms with Gasteiger partial charge in [0, 0.05) is 11.4 Å². The topological polar surface area (TPSA) is 78.9 Å². The number of anilines is 1. The van der Waals surface area contributed by atoms with Crippen LogP contribution in [0.4, 0.5) is 5.69 Å². The summed E-state index contributed by atoms with van der Waals surface area (Å²) in [4.78, 5) is 10.9. The average molecular weight is 201 g/mol. The molecule has 0 radical (unpaired) electrons. The van der Waals surface area contributed by atoms with E-state index in [4.69, 9.17) is 11.0 Å². The monoisotopic (exact) mass is 201 g/mol. The second-order valence-electron chi connectivity index (χ2n) is 2.98. The number of nitriles is 1. The van der Waals surface area contributed by atoms with Crippen LogP contribution in [0.3, 0.4) is 0 Å². The Morgan fingerprint density at radius 3 is 2.53 bits per heavy atom. The number of carbonyl (C=O) groups is 1. The summed E-state index contributed by atoms with van der Waals surface area (Å²) in [6.07, 6.45) is 0. The maximum absolute atomic E-state index is 10.9. The van der Waals surface area contributed by atoms with Crippen LogP contribution < -0.4 is 11.1 Å². The summed E-state index contributed by atoms with van der Waals surface area (Å²) in [6, 6.07) is 10.9. The lowest BCUT2D eigenvalue weighted by atomic mass is 10.1. The molecule has 1 atom stereocenters. The minimum absolute atomic E-state index is 0.288. The van der Waals surface area contributed by atoms with E-state index < -0.39 is 11.8 Å². The van der Waals surface area contributed by atoms with Gasteiger partial charge in [-0.25, -0.2) is 0 Å². The van der Waals surface area contributed by atoms with E-state index in [0.29, 0.717) is 0 Å². The van der Waals surface area contributed by atoms with Crippen LogP contribution in [0.2, 0.25) is 0 Å². The van der Waals surface area contributed by atoms with Gasteiger partial charge in [0.2, 0.25) is 5.91 Å². The van der Waals surface area contributed by atoms with E-state index in [1.165, 1.54) is 0 Å². The molecule has 76 valence electrons. The fourth-order valence-corrected chi connectivity index (χ4v) is 1.09. The lowest BCUT2D eigenvalue weighted by Gasteiger charge is -2.11. The molecule has 1 aromatic carbocycles. The van der Waals surface area contributed by atoms with E-state index in [2.05, 4.69) is 11.9 Å². The Hall–Kier alpha value is -2.28. The van der Waals surface area contributed by atoms with E-state index in [0.717, 1.165) is 5.69 Å². The highest BCUT2D eigenvalue weighted by Crippen LogP contribution is 2.13. The van der Waals surface area contributed by atoms with Crippen molar-refractivity contribution in [3.63, 3.8) is 0 Å². The summed E-state index contributed by atoms with van der Waals surface area (Å²) >= 11 is 0. The van der Waals surface area contributed by atoms with E-state index in [1.54, 1.807) is 18.2 Å². The van der Waals surface area contributed by atoms with Crippen molar-refractivity contribution < 1.29 is 4.79 Å². The van der Waals surface area contributed by atoms with Crippen molar-refractivity contribution in [1.29, 1.82) is 5.26 Å². The SMILES string of the molecule is C=C(Nc1ccccc1)[C@H](C#N)C(N)=O. The molecule has 0 bridgehead atoms. The first-order valence-electron chi connectivity index (χ1n) is 4.35. The molecule has 0 spiro atoms. The number of carbonyl (C=O) groups excluding carboxylic acids is 1. The predicted molar refractivity (Wildman–Crippen MR) is 57.5 cm³/mol. The molecule has 0 unspecified atom stereocenters. The van der Waals surface area contributed by atoms with E-state index in [-0.39, 0.29) is 5.70 Å². The molecule has 15 heavy (non-hydrogen) atoms. The quantitative estimate of drug-likeness (QED) is 0.769. The molecule has 4 heteroatoms. The van der Waals surface area contributed by atoms with E-state index >= 15 is 0 Å². The van der Waals surface area contributed by atoms with Gasteiger partial charge in [0.05, 0.1) is 6.07 Å². The van der Waals surface area contributed by atoms with Gasteiger partial charge in [-0.2, -0.15) is 5.26 Å². The summed E-state index contributed by atoms with van der Waals surface area (Å²) in [5.74, 6) is -1.71. The van der Waals surface area contributed by atoms with Crippen LogP contribution in [0, 0.1) is 17.2 Å². The molecule has 0 aliphatic carbocycles. The molecule has 0 aromatic heterocycles. The van der Waals surface area contributed by atoms with Crippen LogP contribution in [0.25, 0.3) is 0 Å². The van der Waals surface area contributed by atoms with Crippen molar-refractivity contribution in [2.75, 3.05) is 5.32 Å². The highest BCUT2D eigenvalue weighted by molar-refractivity contribution is 5.83. The number of primary amides is 1. The number of rotatable bonds is 4. The van der Waals surface area contributed by atoms with Gasteiger partial charge in [-0.15, -0.1) is 0 Å². The molecule has 4 nitrogen and oxygen atoms in total. The van der Waals surface area contributed by atoms with Gasteiger partial charge in [0.1, 0.15) is 0 Å². The Labute approximate surface area is 88.0 Å². The zero-order chi connectivity index (χ0) is 11.3. The number of nitrogens with zero attached hydrogens (tertiary/aromatic N) is 1. The van der Waals surface area contributed by atoms with Gasteiger partial charge in [-0.05, 0) is 12.1 Å². The third-order valence-corrected chi connectivity index (χ3v) is 1.84. The first-order chi connectivity index (χ1) is 7.15. The number of para-hydroxylation sites is 1. The smallest absolute Gasteiger partial charge is 0.240 e. The van der Waals surface area contributed by atoms with Crippen molar-refractivity contribution in [2.45, 2.75) is 0 Å². The third kappa shape index (κ3) is 2.85. The zero-order valence-electron chi connectivity index (χ0n) is 8.10. The van der Waals surface area contributed by atoms with Crippen LogP contribution in [-0.4, -0.2) is 5.91 Å². The molecule has 0 aliphatic rings. The molecule has 1 amide bonds. The Kier molecular flexibility index (Phi) is 3.47. The number of hydrogen-bond acceptors (Lipinski definition) is 3. The minimum Gasteiger partial charge on any atom is -0.368 e. The fraction of sp³-hybridized carbons (Fsp3) is 0.0909. The lowest BCUT2D eigenvalue weighted by Crippen LogP contribution is -2.26. The van der Waals surface area contributed by atoms with Gasteiger partial charge in [0.25, 0.3) is 0 Å². The van der Waals surface area contributed by atoms with E-state index in [1.807, 2.05) is 18.2 Å². The van der Waals surface area contributed by atoms with Crippen molar-refractivity contribution >= 4 is 11.6 Å². The van der Waals surface area contributed by atoms with Gasteiger partial charge in [0.15, 0.2) is 5.92 Å². The minimum atomic E-state index is -1.01. The zero-order valence-corrected chi connectivity index (χ0v) is 8.10. The van der Waals surface area contributed by atoms with Crippen LogP contribution >= 0.6 is 0 Å². The molecule has 0 fully saturated rings. The molecule has 0 aliphatic heterocycles. The first kappa shape index (κ1) is 10.8. The van der Waals surface area contributed by atoms with Gasteiger partial charge in [-0.1, -0.05) is 24.8 Å².